The molecule has 1 saturated heterocycles. The molecule has 1 unspecified atom stereocenters. The van der Waals surface area contributed by atoms with Crippen LogP contribution in [0, 0.1) is 0 Å². The summed E-state index contributed by atoms with van der Waals surface area (Å²) in [6.45, 7) is 1.18. The summed E-state index contributed by atoms with van der Waals surface area (Å²) < 4.78 is 27.2. The molecular formula is C25H28N2O4S. The van der Waals surface area contributed by atoms with Gasteiger partial charge in [-0.05, 0) is 55.5 Å². The van der Waals surface area contributed by atoms with Gasteiger partial charge in [-0.25, -0.2) is 8.42 Å². The molecule has 2 N–H and O–H groups in total. The van der Waals surface area contributed by atoms with Crippen LogP contribution in [0.25, 0.3) is 0 Å². The van der Waals surface area contributed by atoms with E-state index in [1.54, 1.807) is 12.2 Å². The van der Waals surface area contributed by atoms with E-state index in [-0.39, 0.29) is 4.91 Å². The van der Waals surface area contributed by atoms with E-state index in [0.29, 0.717) is 12.3 Å². The van der Waals surface area contributed by atoms with Crippen molar-refractivity contribution in [3.63, 3.8) is 0 Å². The van der Waals surface area contributed by atoms with Crippen LogP contribution < -0.4 is 4.72 Å². The molecule has 2 aliphatic rings. The molecule has 0 aromatic heterocycles. The number of allylic oxidation sites excluding steroid dienone is 1. The molecule has 32 heavy (non-hydrogen) atoms. The highest BCUT2D eigenvalue weighted by Crippen LogP contribution is 2.41. The number of carboxylic acid groups (broad SMARTS) is 1. The van der Waals surface area contributed by atoms with Gasteiger partial charge in [0, 0.05) is 0 Å². The molecule has 0 bridgehead atoms. The van der Waals surface area contributed by atoms with Crippen LogP contribution in [0.5, 0.6) is 0 Å². The average molecular weight is 453 g/mol. The van der Waals surface area contributed by atoms with Crippen LogP contribution in [-0.4, -0.2) is 44.0 Å². The molecule has 0 spiro atoms. The van der Waals surface area contributed by atoms with Crippen molar-refractivity contribution in [1.82, 2.24) is 9.62 Å². The van der Waals surface area contributed by atoms with E-state index < -0.39 is 28.1 Å². The van der Waals surface area contributed by atoms with E-state index in [4.69, 9.17) is 5.11 Å². The molecule has 4 rings (SSSR count). The van der Waals surface area contributed by atoms with Crippen molar-refractivity contribution >= 4 is 16.0 Å². The van der Waals surface area contributed by atoms with Crippen molar-refractivity contribution < 1.29 is 18.3 Å². The molecule has 1 atom stereocenters. The third kappa shape index (κ3) is 4.70. The Morgan fingerprint density at radius 2 is 1.66 bits per heavy atom. The third-order valence-corrected chi connectivity index (χ3v) is 7.91. The molecule has 1 aliphatic heterocycles. The highest BCUT2D eigenvalue weighted by molar-refractivity contribution is 7.93. The van der Waals surface area contributed by atoms with Gasteiger partial charge in [-0.1, -0.05) is 72.8 Å². The summed E-state index contributed by atoms with van der Waals surface area (Å²) in [6, 6.07) is 20.8. The first-order valence-electron chi connectivity index (χ1n) is 10.9. The molecule has 2 aromatic rings. The summed E-state index contributed by atoms with van der Waals surface area (Å²) >= 11 is 0. The largest absolute Gasteiger partial charge is 0.480 e. The number of hydrogen-bond donors (Lipinski definition) is 2. The van der Waals surface area contributed by atoms with Crippen molar-refractivity contribution in [2.45, 2.75) is 30.7 Å². The van der Waals surface area contributed by atoms with Gasteiger partial charge >= 0.3 is 5.97 Å². The second-order valence-electron chi connectivity index (χ2n) is 8.32. The number of likely N-dealkylation sites (tertiary alicyclic amines) is 1. The Hall–Kier alpha value is -2.74. The minimum Gasteiger partial charge on any atom is -0.480 e. The average Bonchev–Trinajstić information content (AvgIpc) is 2.84. The summed E-state index contributed by atoms with van der Waals surface area (Å²) in [6.07, 6.45) is 7.89. The molecule has 0 saturated carbocycles. The van der Waals surface area contributed by atoms with Crippen LogP contribution >= 0.6 is 0 Å². The number of benzene rings is 2. The van der Waals surface area contributed by atoms with Gasteiger partial charge in [0.25, 0.3) is 0 Å². The zero-order valence-electron chi connectivity index (χ0n) is 17.9. The lowest BCUT2D eigenvalue weighted by atomic mass is 9.79. The first kappa shape index (κ1) is 22.5. The van der Waals surface area contributed by atoms with E-state index >= 15 is 0 Å². The Morgan fingerprint density at radius 3 is 2.22 bits per heavy atom. The zero-order chi connectivity index (χ0) is 22.6. The van der Waals surface area contributed by atoms with Crippen LogP contribution in [0.2, 0.25) is 0 Å². The predicted molar refractivity (Wildman–Crippen MR) is 125 cm³/mol. The van der Waals surface area contributed by atoms with Crippen LogP contribution in [0.3, 0.4) is 0 Å². The Labute approximate surface area is 189 Å². The van der Waals surface area contributed by atoms with Gasteiger partial charge in [0.1, 0.15) is 6.54 Å². The summed E-state index contributed by atoms with van der Waals surface area (Å²) in [7, 11) is -3.86. The van der Waals surface area contributed by atoms with E-state index in [1.165, 1.54) is 5.56 Å². The normalized spacial score (nSPS) is 22.4. The van der Waals surface area contributed by atoms with Crippen molar-refractivity contribution in [1.29, 1.82) is 0 Å². The van der Waals surface area contributed by atoms with Gasteiger partial charge in [0.2, 0.25) is 10.0 Å². The highest BCUT2D eigenvalue weighted by Gasteiger charge is 2.39. The SMILES string of the molecule is O=C(O)CNS(=O)(=O)C1=CCC(c2ccccc2)(N2CCC(c3ccccc3)CC2)C=C1. The van der Waals surface area contributed by atoms with Crippen LogP contribution in [-0.2, 0) is 20.4 Å². The molecule has 1 aliphatic carbocycles. The number of aliphatic carboxylic acids is 1. The second kappa shape index (κ2) is 9.40. The monoisotopic (exact) mass is 452 g/mol. The van der Waals surface area contributed by atoms with Gasteiger partial charge in [-0.2, -0.15) is 4.72 Å². The Kier molecular flexibility index (Phi) is 6.60. The number of nitrogens with one attached hydrogen (secondary N) is 1. The Bertz CT molecular complexity index is 1110. The Balaban J connectivity index is 1.56. The first-order valence-corrected chi connectivity index (χ1v) is 12.4. The van der Waals surface area contributed by atoms with Gasteiger partial charge in [-0.3, -0.25) is 9.69 Å². The minimum atomic E-state index is -3.86. The van der Waals surface area contributed by atoms with Crippen molar-refractivity contribution in [2.75, 3.05) is 19.6 Å². The van der Waals surface area contributed by atoms with Gasteiger partial charge < -0.3 is 5.11 Å². The third-order valence-electron chi connectivity index (χ3n) is 6.47. The standard InChI is InChI=1S/C25H28N2O4S/c28-24(29)19-26-32(30,31)23-11-15-25(16-12-23,22-9-5-2-6-10-22)27-17-13-21(14-18-27)20-7-3-1-4-8-20/h1-12,15,21,26H,13-14,16-19H2,(H,28,29). The quantitative estimate of drug-likeness (QED) is 0.670. The summed E-state index contributed by atoms with van der Waals surface area (Å²) in [5.74, 6) is -0.687. The van der Waals surface area contributed by atoms with Crippen LogP contribution in [0.4, 0.5) is 0 Å². The lowest BCUT2D eigenvalue weighted by Crippen LogP contribution is -2.49. The second-order valence-corrected chi connectivity index (χ2v) is 10.1. The van der Waals surface area contributed by atoms with Gasteiger partial charge in [0.05, 0.1) is 10.4 Å². The molecule has 168 valence electrons. The first-order chi connectivity index (χ1) is 15.4. The van der Waals surface area contributed by atoms with E-state index in [9.17, 15) is 13.2 Å². The van der Waals surface area contributed by atoms with Crippen molar-refractivity contribution in [3.8, 4) is 0 Å². The lowest BCUT2D eigenvalue weighted by molar-refractivity contribution is -0.135. The summed E-state index contributed by atoms with van der Waals surface area (Å²) in [4.78, 5) is 13.3. The predicted octanol–water partition coefficient (Wildman–Crippen LogP) is 3.61. The van der Waals surface area contributed by atoms with Gasteiger partial charge in [0.15, 0.2) is 0 Å². The maximum atomic E-state index is 12.5. The molecule has 0 amide bonds. The number of carbonyl (C=O) groups is 1. The van der Waals surface area contributed by atoms with Crippen molar-refractivity contribution in [2.24, 2.45) is 0 Å². The maximum absolute atomic E-state index is 12.5. The van der Waals surface area contributed by atoms with Crippen molar-refractivity contribution in [3.05, 3.63) is 94.9 Å². The minimum absolute atomic E-state index is 0.115. The fraction of sp³-hybridized carbons (Fsp3) is 0.320. The molecule has 2 aromatic carbocycles. The summed E-state index contributed by atoms with van der Waals surface area (Å²) in [5.41, 5.74) is 2.08. The molecule has 1 fully saturated rings. The number of hydrogen-bond acceptors (Lipinski definition) is 4. The van der Waals surface area contributed by atoms with E-state index in [0.717, 1.165) is 31.5 Å². The Morgan fingerprint density at radius 1 is 1.03 bits per heavy atom. The fourth-order valence-corrected chi connectivity index (χ4v) is 5.78. The number of piperidine rings is 1. The van der Waals surface area contributed by atoms with Crippen LogP contribution in [0.15, 0.2) is 83.8 Å². The molecule has 1 heterocycles. The topological polar surface area (TPSA) is 86.7 Å². The number of rotatable bonds is 7. The smallest absolute Gasteiger partial charge is 0.318 e. The molecular weight excluding hydrogens is 424 g/mol. The highest BCUT2D eigenvalue weighted by atomic mass is 32.2. The lowest BCUT2D eigenvalue weighted by Gasteiger charge is -2.47. The molecule has 0 radical (unpaired) electrons. The fourth-order valence-electron chi connectivity index (χ4n) is 4.75. The summed E-state index contributed by atoms with van der Waals surface area (Å²) in [5, 5.41) is 8.81. The number of carboxylic acids is 1. The van der Waals surface area contributed by atoms with E-state index in [2.05, 4.69) is 46.0 Å². The van der Waals surface area contributed by atoms with Crippen LogP contribution in [0.1, 0.15) is 36.3 Å². The maximum Gasteiger partial charge on any atom is 0.318 e. The molecule has 7 heteroatoms. The van der Waals surface area contributed by atoms with Gasteiger partial charge in [-0.15, -0.1) is 0 Å². The number of sulfonamides is 1. The molecule has 6 nitrogen and oxygen atoms in total. The number of nitrogens with zero attached hydrogens (tertiary/aromatic N) is 1. The van der Waals surface area contributed by atoms with E-state index in [1.807, 2.05) is 30.3 Å². The zero-order valence-corrected chi connectivity index (χ0v) is 18.7.